The summed E-state index contributed by atoms with van der Waals surface area (Å²) in [6, 6.07) is 3.04. The molecule has 0 amide bonds. The normalized spacial score (nSPS) is 14.2. The van der Waals surface area contributed by atoms with Crippen LogP contribution in [-0.4, -0.2) is 25.4 Å². The maximum absolute atomic E-state index is 10.3. The summed E-state index contributed by atoms with van der Waals surface area (Å²) in [4.78, 5) is 0. The molecule has 0 radical (unpaired) electrons. The Hall–Kier alpha value is -0.490. The Morgan fingerprint density at radius 1 is 1.15 bits per heavy atom. The highest BCUT2D eigenvalue weighted by molar-refractivity contribution is 9.10. The van der Waals surface area contributed by atoms with Crippen LogP contribution in [0.25, 0.3) is 0 Å². The predicted octanol–water partition coefficient (Wildman–Crippen LogP) is 3.29. The van der Waals surface area contributed by atoms with E-state index in [4.69, 9.17) is 15.2 Å². The van der Waals surface area contributed by atoms with Crippen LogP contribution in [0.4, 0.5) is 0 Å². The zero-order valence-electron chi connectivity index (χ0n) is 12.4. The molecule has 0 bridgehead atoms. The van der Waals surface area contributed by atoms with Gasteiger partial charge in [0.25, 0.3) is 0 Å². The fourth-order valence-corrected chi connectivity index (χ4v) is 2.34. The topological polar surface area (TPSA) is 64.7 Å². The van der Waals surface area contributed by atoms with E-state index in [0.717, 1.165) is 10.0 Å². The molecule has 0 aliphatic heterocycles. The molecule has 4 nitrogen and oxygen atoms in total. The van der Waals surface area contributed by atoms with Crippen molar-refractivity contribution in [2.75, 3.05) is 14.2 Å². The zero-order chi connectivity index (χ0) is 14.8. The molecular weight excluding hydrogens is 346 g/mol. The Kier molecular flexibility index (Phi) is 7.32. The third-order valence-corrected chi connectivity index (χ3v) is 3.71. The molecule has 0 heterocycles. The summed E-state index contributed by atoms with van der Waals surface area (Å²) < 4.78 is 11.4. The average Bonchev–Trinajstić information content (AvgIpc) is 2.35. The van der Waals surface area contributed by atoms with Crippen LogP contribution in [0.2, 0.25) is 0 Å². The van der Waals surface area contributed by atoms with E-state index < -0.39 is 12.1 Å². The van der Waals surface area contributed by atoms with Crippen LogP contribution in [0.1, 0.15) is 32.4 Å². The highest BCUT2D eigenvalue weighted by Crippen LogP contribution is 2.38. The quantitative estimate of drug-likeness (QED) is 0.856. The van der Waals surface area contributed by atoms with Gasteiger partial charge in [0.05, 0.1) is 30.8 Å². The van der Waals surface area contributed by atoms with Gasteiger partial charge in [0.2, 0.25) is 0 Å². The summed E-state index contributed by atoms with van der Waals surface area (Å²) in [5, 5.41) is 10.3. The molecule has 116 valence electrons. The molecule has 2 atom stereocenters. The summed E-state index contributed by atoms with van der Waals surface area (Å²) in [5.74, 6) is 1.29. The highest BCUT2D eigenvalue weighted by Gasteiger charge is 2.31. The van der Waals surface area contributed by atoms with Gasteiger partial charge in [-0.05, 0) is 33.5 Å². The molecule has 0 aliphatic carbocycles. The number of hydrogen-bond donors (Lipinski definition) is 2. The second-order valence-corrected chi connectivity index (χ2v) is 6.42. The smallest absolute Gasteiger partial charge is 0.133 e. The molecular formula is C14H23BrClNO3. The van der Waals surface area contributed by atoms with Gasteiger partial charge in [-0.3, -0.25) is 0 Å². The van der Waals surface area contributed by atoms with Gasteiger partial charge in [0.1, 0.15) is 11.5 Å². The van der Waals surface area contributed by atoms with Crippen molar-refractivity contribution >= 4 is 28.3 Å². The van der Waals surface area contributed by atoms with Crippen molar-refractivity contribution in [2.45, 2.75) is 32.9 Å². The van der Waals surface area contributed by atoms with Gasteiger partial charge in [0, 0.05) is 5.56 Å². The van der Waals surface area contributed by atoms with Crippen molar-refractivity contribution < 1.29 is 14.6 Å². The molecule has 0 unspecified atom stereocenters. The molecule has 0 spiro atoms. The Morgan fingerprint density at radius 2 is 1.65 bits per heavy atom. The average molecular weight is 369 g/mol. The van der Waals surface area contributed by atoms with Crippen molar-refractivity contribution in [3.05, 3.63) is 22.2 Å². The van der Waals surface area contributed by atoms with Crippen LogP contribution in [0.3, 0.4) is 0 Å². The van der Waals surface area contributed by atoms with Crippen molar-refractivity contribution in [3.63, 3.8) is 0 Å². The van der Waals surface area contributed by atoms with E-state index in [2.05, 4.69) is 15.9 Å². The molecule has 20 heavy (non-hydrogen) atoms. The minimum absolute atomic E-state index is 0. The molecule has 0 aromatic heterocycles. The largest absolute Gasteiger partial charge is 0.496 e. The molecule has 6 heteroatoms. The van der Waals surface area contributed by atoms with Crippen molar-refractivity contribution in [3.8, 4) is 11.5 Å². The number of methoxy groups -OCH3 is 2. The standard InChI is InChI=1S/C14H22BrNO3.ClH/c1-14(2,3)13(17)12(16)8-6-11(19-5)9(15)7-10(8)18-4;/h6-7,12-13,17H,16H2,1-5H3;1H/t12-,13-;/m1./s1. The van der Waals surface area contributed by atoms with Gasteiger partial charge >= 0.3 is 0 Å². The maximum Gasteiger partial charge on any atom is 0.133 e. The first-order chi connectivity index (χ1) is 8.72. The zero-order valence-corrected chi connectivity index (χ0v) is 14.8. The number of nitrogens with two attached hydrogens (primary N) is 1. The number of aliphatic hydroxyl groups is 1. The minimum Gasteiger partial charge on any atom is -0.496 e. The lowest BCUT2D eigenvalue weighted by Crippen LogP contribution is -2.37. The van der Waals surface area contributed by atoms with Crippen LogP contribution < -0.4 is 15.2 Å². The van der Waals surface area contributed by atoms with Crippen LogP contribution >= 0.6 is 28.3 Å². The fraction of sp³-hybridized carbons (Fsp3) is 0.571. The first-order valence-electron chi connectivity index (χ1n) is 6.07. The molecule has 1 aromatic rings. The monoisotopic (exact) mass is 367 g/mol. The van der Waals surface area contributed by atoms with Crippen LogP contribution in [-0.2, 0) is 0 Å². The van der Waals surface area contributed by atoms with E-state index in [0.29, 0.717) is 11.5 Å². The van der Waals surface area contributed by atoms with Crippen molar-refractivity contribution in [1.82, 2.24) is 0 Å². The van der Waals surface area contributed by atoms with E-state index in [9.17, 15) is 5.11 Å². The Morgan fingerprint density at radius 3 is 2.05 bits per heavy atom. The minimum atomic E-state index is -0.688. The second kappa shape index (κ2) is 7.50. The molecule has 1 aromatic carbocycles. The molecule has 0 saturated carbocycles. The Balaban J connectivity index is 0.00000361. The van der Waals surface area contributed by atoms with Gasteiger partial charge in [-0.25, -0.2) is 0 Å². The number of aliphatic hydroxyl groups excluding tert-OH is 1. The summed E-state index contributed by atoms with van der Waals surface area (Å²) in [6.07, 6.45) is -0.688. The van der Waals surface area contributed by atoms with Crippen LogP contribution in [0.15, 0.2) is 16.6 Å². The number of benzene rings is 1. The third-order valence-electron chi connectivity index (χ3n) is 3.09. The third kappa shape index (κ3) is 4.25. The summed E-state index contributed by atoms with van der Waals surface area (Å²) in [6.45, 7) is 5.83. The summed E-state index contributed by atoms with van der Waals surface area (Å²) in [7, 11) is 3.16. The van der Waals surface area contributed by atoms with Crippen molar-refractivity contribution in [1.29, 1.82) is 0 Å². The number of hydrogen-bond acceptors (Lipinski definition) is 4. The Labute approximate surface area is 135 Å². The lowest BCUT2D eigenvalue weighted by molar-refractivity contribution is 0.0394. The first-order valence-corrected chi connectivity index (χ1v) is 6.86. The number of ether oxygens (including phenoxy) is 2. The van der Waals surface area contributed by atoms with Gasteiger partial charge in [0.15, 0.2) is 0 Å². The molecule has 3 N–H and O–H groups in total. The Bertz CT molecular complexity index is 449. The predicted molar refractivity (Wildman–Crippen MR) is 86.9 cm³/mol. The van der Waals surface area contributed by atoms with E-state index in [1.54, 1.807) is 26.4 Å². The van der Waals surface area contributed by atoms with E-state index in [-0.39, 0.29) is 17.8 Å². The molecule has 1 rings (SSSR count). The molecule has 0 aliphatic rings. The fourth-order valence-electron chi connectivity index (χ4n) is 1.85. The van der Waals surface area contributed by atoms with Crippen molar-refractivity contribution in [2.24, 2.45) is 11.1 Å². The molecule has 0 fully saturated rings. The number of halogens is 2. The highest BCUT2D eigenvalue weighted by atomic mass is 79.9. The maximum atomic E-state index is 10.3. The van der Waals surface area contributed by atoms with Gasteiger partial charge < -0.3 is 20.3 Å². The van der Waals surface area contributed by atoms with Crippen LogP contribution in [0, 0.1) is 5.41 Å². The van der Waals surface area contributed by atoms with Crippen LogP contribution in [0.5, 0.6) is 11.5 Å². The SMILES string of the molecule is COc1cc([C@@H](N)[C@@H](O)C(C)(C)C)c(OC)cc1Br.Cl. The number of rotatable bonds is 4. The van der Waals surface area contributed by atoms with E-state index >= 15 is 0 Å². The summed E-state index contributed by atoms with van der Waals surface area (Å²) >= 11 is 3.40. The second-order valence-electron chi connectivity index (χ2n) is 5.57. The van der Waals surface area contributed by atoms with E-state index in [1.807, 2.05) is 20.8 Å². The lowest BCUT2D eigenvalue weighted by atomic mass is 9.82. The first kappa shape index (κ1) is 19.5. The molecule has 0 saturated heterocycles. The van der Waals surface area contributed by atoms with Gasteiger partial charge in [-0.15, -0.1) is 12.4 Å². The lowest BCUT2D eigenvalue weighted by Gasteiger charge is -2.31. The van der Waals surface area contributed by atoms with E-state index in [1.165, 1.54) is 0 Å². The van der Waals surface area contributed by atoms with Gasteiger partial charge in [-0.2, -0.15) is 0 Å². The summed E-state index contributed by atoms with van der Waals surface area (Å²) in [5.41, 5.74) is 6.59. The van der Waals surface area contributed by atoms with Gasteiger partial charge in [-0.1, -0.05) is 20.8 Å².